The monoisotopic (exact) mass is 519 g/mol. The van der Waals surface area contributed by atoms with Crippen LogP contribution in [0.25, 0.3) is 11.0 Å². The molecule has 190 valence electrons. The first-order valence-corrected chi connectivity index (χ1v) is 12.4. The van der Waals surface area contributed by atoms with Gasteiger partial charge in [0.25, 0.3) is 11.6 Å². The zero-order valence-electron chi connectivity index (χ0n) is 20.0. The van der Waals surface area contributed by atoms with Crippen molar-refractivity contribution in [3.8, 4) is 11.5 Å². The van der Waals surface area contributed by atoms with Crippen LogP contribution in [0.2, 0.25) is 0 Å². The van der Waals surface area contributed by atoms with E-state index in [1.807, 2.05) is 24.3 Å². The number of hydrogen-bond donors (Lipinski definition) is 3. The molecule has 0 radical (unpaired) electrons. The maximum absolute atomic E-state index is 13.2. The van der Waals surface area contributed by atoms with Gasteiger partial charge in [0.2, 0.25) is 0 Å². The first-order chi connectivity index (χ1) is 17.9. The van der Waals surface area contributed by atoms with Crippen molar-refractivity contribution in [2.45, 2.75) is 4.90 Å². The molecule has 0 saturated carbocycles. The number of rotatable bonds is 7. The summed E-state index contributed by atoms with van der Waals surface area (Å²) in [5, 5.41) is 12.1. The van der Waals surface area contributed by atoms with Gasteiger partial charge in [-0.15, -0.1) is 0 Å². The summed E-state index contributed by atoms with van der Waals surface area (Å²) in [5.41, 5.74) is 7.54. The van der Waals surface area contributed by atoms with E-state index < -0.39 is 10.8 Å². The van der Waals surface area contributed by atoms with Gasteiger partial charge in [-0.05, 0) is 55.4 Å². The molecule has 1 aliphatic heterocycles. The summed E-state index contributed by atoms with van der Waals surface area (Å²) in [6.07, 6.45) is 3.40. The second-order valence-electron chi connectivity index (χ2n) is 8.67. The zero-order valence-corrected chi connectivity index (χ0v) is 20.8. The van der Waals surface area contributed by atoms with Crippen molar-refractivity contribution in [2.24, 2.45) is 0 Å². The molecule has 4 N–H and O–H groups in total. The third kappa shape index (κ3) is 5.44. The minimum Gasteiger partial charge on any atom is -0.455 e. The van der Waals surface area contributed by atoms with E-state index in [-0.39, 0.29) is 11.4 Å². The number of fused-ring (bicyclic) bond motifs is 1. The molecular weight excluding hydrogens is 494 g/mol. The van der Waals surface area contributed by atoms with Crippen LogP contribution < -0.4 is 20.1 Å². The number of pyridine rings is 1. The molecule has 1 aliphatic rings. The van der Waals surface area contributed by atoms with Crippen LogP contribution in [0.4, 0.5) is 17.1 Å². The third-order valence-electron chi connectivity index (χ3n) is 6.14. The third-order valence-corrected chi connectivity index (χ3v) is 6.92. The molecule has 0 bridgehead atoms. The standard InChI is InChI=1S/C25H25N7O4S/c1-30-8-10-31(11-9-30)17-2-4-20(23(13-17)36-18-12-16-6-7-27-24(16)28-15-18)25(33)29-37-19-3-5-21(26)22(14-19)32(34)35/h2-7,12-15H,8-11,26H2,1H3,(H,27,28)(H,29,33). The van der Waals surface area contributed by atoms with E-state index in [1.54, 1.807) is 24.5 Å². The van der Waals surface area contributed by atoms with Crippen LogP contribution >= 0.6 is 11.9 Å². The summed E-state index contributed by atoms with van der Waals surface area (Å²) in [7, 11) is 2.09. The van der Waals surface area contributed by atoms with E-state index in [0.717, 1.165) is 54.8 Å². The highest BCUT2D eigenvalue weighted by Crippen LogP contribution is 2.33. The van der Waals surface area contributed by atoms with Crippen molar-refractivity contribution >= 4 is 46.0 Å². The van der Waals surface area contributed by atoms with Crippen LogP contribution in [0.1, 0.15) is 10.4 Å². The number of ether oxygens (including phenoxy) is 1. The fourth-order valence-electron chi connectivity index (χ4n) is 4.05. The minimum absolute atomic E-state index is 0.0591. The molecule has 11 nitrogen and oxygen atoms in total. The van der Waals surface area contributed by atoms with E-state index in [9.17, 15) is 14.9 Å². The maximum Gasteiger partial charge on any atom is 0.293 e. The molecule has 3 heterocycles. The number of aromatic amines is 1. The Morgan fingerprint density at radius 3 is 2.76 bits per heavy atom. The predicted molar refractivity (Wildman–Crippen MR) is 143 cm³/mol. The Morgan fingerprint density at radius 2 is 1.97 bits per heavy atom. The Bertz CT molecular complexity index is 1470. The number of aromatic nitrogens is 2. The Hall–Kier alpha value is -4.29. The van der Waals surface area contributed by atoms with Crippen molar-refractivity contribution < 1.29 is 14.5 Å². The lowest BCUT2D eigenvalue weighted by molar-refractivity contribution is -0.384. The lowest BCUT2D eigenvalue weighted by Crippen LogP contribution is -2.44. The summed E-state index contributed by atoms with van der Waals surface area (Å²) in [6, 6.07) is 13.6. The molecule has 0 spiro atoms. The number of hydrogen-bond acceptors (Lipinski definition) is 9. The Labute approximate surface area is 216 Å². The smallest absolute Gasteiger partial charge is 0.293 e. The van der Waals surface area contributed by atoms with Crippen LogP contribution in [0, 0.1) is 10.1 Å². The molecule has 12 heteroatoms. The van der Waals surface area contributed by atoms with E-state index in [0.29, 0.717) is 22.0 Å². The highest BCUT2D eigenvalue weighted by Gasteiger charge is 2.20. The summed E-state index contributed by atoms with van der Waals surface area (Å²) in [6.45, 7) is 3.61. The summed E-state index contributed by atoms with van der Waals surface area (Å²) in [4.78, 5) is 36.3. The van der Waals surface area contributed by atoms with Crippen LogP contribution in [-0.2, 0) is 0 Å². The maximum atomic E-state index is 13.2. The molecule has 0 atom stereocenters. The summed E-state index contributed by atoms with van der Waals surface area (Å²) >= 11 is 0.967. The average Bonchev–Trinajstić information content (AvgIpc) is 3.36. The van der Waals surface area contributed by atoms with Crippen molar-refractivity contribution in [3.63, 3.8) is 0 Å². The highest BCUT2D eigenvalue weighted by atomic mass is 32.2. The van der Waals surface area contributed by atoms with Gasteiger partial charge in [0, 0.05) is 60.5 Å². The van der Waals surface area contributed by atoms with E-state index in [4.69, 9.17) is 10.5 Å². The number of nitrogens with two attached hydrogens (primary N) is 1. The SMILES string of the molecule is CN1CCN(c2ccc(C(=O)NSc3ccc(N)c([N+](=O)[O-])c3)c(Oc3cnc4[nH]ccc4c3)c2)CC1. The van der Waals surface area contributed by atoms with E-state index in [2.05, 4.69) is 31.5 Å². The fraction of sp³-hybridized carbons (Fsp3) is 0.200. The fourth-order valence-corrected chi connectivity index (χ4v) is 4.68. The molecule has 1 fully saturated rings. The van der Waals surface area contributed by atoms with E-state index >= 15 is 0 Å². The molecule has 2 aromatic carbocycles. The molecule has 2 aromatic heterocycles. The van der Waals surface area contributed by atoms with Gasteiger partial charge in [-0.3, -0.25) is 19.6 Å². The van der Waals surface area contributed by atoms with Gasteiger partial charge in [0.1, 0.15) is 22.8 Å². The molecule has 0 unspecified atom stereocenters. The average molecular weight is 520 g/mol. The Kier molecular flexibility index (Phi) is 6.84. The number of anilines is 2. The molecule has 37 heavy (non-hydrogen) atoms. The number of piperazine rings is 1. The van der Waals surface area contributed by atoms with Gasteiger partial charge in [0.05, 0.1) is 16.7 Å². The summed E-state index contributed by atoms with van der Waals surface area (Å²) < 4.78 is 8.94. The normalized spacial score (nSPS) is 14.0. The minimum atomic E-state index is -0.556. The number of likely N-dealkylation sites (N-methyl/N-ethyl adjacent to an activating group) is 1. The number of nitro benzene ring substituents is 1. The van der Waals surface area contributed by atoms with Gasteiger partial charge < -0.3 is 25.3 Å². The van der Waals surface area contributed by atoms with Crippen LogP contribution in [0.3, 0.4) is 0 Å². The second-order valence-corrected chi connectivity index (χ2v) is 9.55. The number of nitro groups is 1. The topological polar surface area (TPSA) is 143 Å². The molecule has 1 amide bonds. The molecular formula is C25H25N7O4S. The lowest BCUT2D eigenvalue weighted by Gasteiger charge is -2.34. The summed E-state index contributed by atoms with van der Waals surface area (Å²) in [5.74, 6) is 0.480. The second kappa shape index (κ2) is 10.4. The van der Waals surface area contributed by atoms with Crippen LogP contribution in [0.5, 0.6) is 11.5 Å². The highest BCUT2D eigenvalue weighted by molar-refractivity contribution is 7.98. The van der Waals surface area contributed by atoms with Crippen molar-refractivity contribution in [1.82, 2.24) is 19.6 Å². The molecule has 5 rings (SSSR count). The number of H-pyrrole nitrogens is 1. The van der Waals surface area contributed by atoms with Crippen molar-refractivity contribution in [2.75, 3.05) is 43.9 Å². The number of nitrogens with one attached hydrogen (secondary N) is 2. The van der Waals surface area contributed by atoms with Gasteiger partial charge in [-0.1, -0.05) is 0 Å². The zero-order chi connectivity index (χ0) is 25.9. The first-order valence-electron chi connectivity index (χ1n) is 11.6. The lowest BCUT2D eigenvalue weighted by atomic mass is 10.1. The number of amides is 1. The molecule has 0 aliphatic carbocycles. The number of carbonyl (C=O) groups excluding carboxylic acids is 1. The van der Waals surface area contributed by atoms with Crippen LogP contribution in [0.15, 0.2) is 65.8 Å². The van der Waals surface area contributed by atoms with Crippen molar-refractivity contribution in [1.29, 1.82) is 0 Å². The first kappa shape index (κ1) is 24.4. The predicted octanol–water partition coefficient (Wildman–Crippen LogP) is 4.03. The molecule has 1 saturated heterocycles. The molecule has 4 aromatic rings. The Morgan fingerprint density at radius 1 is 1.16 bits per heavy atom. The van der Waals surface area contributed by atoms with Gasteiger partial charge >= 0.3 is 0 Å². The largest absolute Gasteiger partial charge is 0.455 e. The quantitative estimate of drug-likeness (QED) is 0.143. The number of carbonyl (C=O) groups is 1. The number of benzene rings is 2. The van der Waals surface area contributed by atoms with Gasteiger partial charge in [-0.25, -0.2) is 4.98 Å². The van der Waals surface area contributed by atoms with Gasteiger partial charge in [0.15, 0.2) is 0 Å². The van der Waals surface area contributed by atoms with Crippen molar-refractivity contribution in [3.05, 3.63) is 76.6 Å². The number of nitrogens with zero attached hydrogens (tertiary/aromatic N) is 4. The number of nitrogen functional groups attached to an aromatic ring is 1. The van der Waals surface area contributed by atoms with Crippen LogP contribution in [-0.4, -0.2) is 58.9 Å². The van der Waals surface area contributed by atoms with Gasteiger partial charge in [-0.2, -0.15) is 0 Å². The Balaban J connectivity index is 1.41. The van der Waals surface area contributed by atoms with E-state index in [1.165, 1.54) is 12.1 Å².